The highest BCUT2D eigenvalue weighted by atomic mass is 16.6. The minimum Gasteiger partial charge on any atom is -0.411 e. The van der Waals surface area contributed by atoms with Crippen molar-refractivity contribution in [1.29, 1.82) is 0 Å². The van der Waals surface area contributed by atoms with E-state index in [0.717, 1.165) is 18.8 Å². The second-order valence-corrected chi connectivity index (χ2v) is 4.35. The third-order valence-electron chi connectivity index (χ3n) is 3.03. The van der Waals surface area contributed by atoms with Gasteiger partial charge in [0.25, 0.3) is 0 Å². The average Bonchev–Trinajstić information content (AvgIpc) is 2.82. The van der Waals surface area contributed by atoms with Crippen molar-refractivity contribution in [2.24, 2.45) is 7.05 Å². The molecule has 0 aliphatic heterocycles. The first-order valence-electron chi connectivity index (χ1n) is 6.63. The van der Waals surface area contributed by atoms with Crippen molar-refractivity contribution in [1.82, 2.24) is 14.8 Å². The Morgan fingerprint density at radius 2 is 2.10 bits per heavy atom. The van der Waals surface area contributed by atoms with Gasteiger partial charge in [-0.25, -0.2) is 0 Å². The lowest BCUT2D eigenvalue weighted by Crippen LogP contribution is -2.21. The standard InChI is InChI=1S/C13H17N5O3/c1-4-17(5-2)10-7-6-8-11(9-10)21-13-14-12(18(19)20)15-16(13)3/h6-9H,4-5H2,1-3H3. The SMILES string of the molecule is CCN(CC)c1cccc(Oc2nc([N+](=O)[O-])nn2C)c1. The van der Waals surface area contributed by atoms with Gasteiger partial charge < -0.3 is 19.8 Å². The number of hydrogen-bond acceptors (Lipinski definition) is 6. The molecule has 0 aliphatic carbocycles. The van der Waals surface area contributed by atoms with E-state index >= 15 is 0 Å². The van der Waals surface area contributed by atoms with Crippen molar-refractivity contribution in [2.75, 3.05) is 18.0 Å². The lowest BCUT2D eigenvalue weighted by molar-refractivity contribution is -0.394. The molecule has 0 spiro atoms. The van der Waals surface area contributed by atoms with Crippen molar-refractivity contribution in [3.8, 4) is 11.8 Å². The first-order valence-corrected chi connectivity index (χ1v) is 6.63. The quantitative estimate of drug-likeness (QED) is 0.600. The number of aryl methyl sites for hydroxylation is 1. The van der Waals surface area contributed by atoms with Crippen molar-refractivity contribution in [3.63, 3.8) is 0 Å². The monoisotopic (exact) mass is 291 g/mol. The molecule has 0 fully saturated rings. The average molecular weight is 291 g/mol. The number of nitrogens with zero attached hydrogens (tertiary/aromatic N) is 5. The van der Waals surface area contributed by atoms with Gasteiger partial charge >= 0.3 is 12.0 Å². The van der Waals surface area contributed by atoms with Gasteiger partial charge in [-0.3, -0.25) is 0 Å². The van der Waals surface area contributed by atoms with Crippen LogP contribution in [-0.4, -0.2) is 32.8 Å². The van der Waals surface area contributed by atoms with Gasteiger partial charge in [-0.15, -0.1) is 4.68 Å². The summed E-state index contributed by atoms with van der Waals surface area (Å²) < 4.78 is 6.82. The number of anilines is 1. The summed E-state index contributed by atoms with van der Waals surface area (Å²) in [5.41, 5.74) is 1.02. The summed E-state index contributed by atoms with van der Waals surface area (Å²) in [7, 11) is 1.55. The lowest BCUT2D eigenvalue weighted by Gasteiger charge is -2.21. The molecule has 2 aromatic rings. The highest BCUT2D eigenvalue weighted by Crippen LogP contribution is 2.25. The molecule has 1 heterocycles. The van der Waals surface area contributed by atoms with Gasteiger partial charge in [-0.05, 0) is 35.9 Å². The van der Waals surface area contributed by atoms with Crippen molar-refractivity contribution >= 4 is 11.6 Å². The number of nitro groups is 1. The van der Waals surface area contributed by atoms with Crippen LogP contribution < -0.4 is 9.64 Å². The van der Waals surface area contributed by atoms with E-state index in [1.165, 1.54) is 4.68 Å². The van der Waals surface area contributed by atoms with Gasteiger partial charge in [-0.2, -0.15) is 0 Å². The maximum atomic E-state index is 10.6. The van der Waals surface area contributed by atoms with Crippen LogP contribution in [0.1, 0.15) is 13.8 Å². The fraction of sp³-hybridized carbons (Fsp3) is 0.385. The maximum absolute atomic E-state index is 10.6. The molecule has 112 valence electrons. The van der Waals surface area contributed by atoms with E-state index < -0.39 is 10.9 Å². The largest absolute Gasteiger partial charge is 0.494 e. The second-order valence-electron chi connectivity index (χ2n) is 4.35. The molecule has 0 unspecified atom stereocenters. The predicted molar refractivity (Wildman–Crippen MR) is 77.7 cm³/mol. The lowest BCUT2D eigenvalue weighted by atomic mass is 10.2. The summed E-state index contributed by atoms with van der Waals surface area (Å²) in [6.07, 6.45) is 0. The minimum atomic E-state index is -0.654. The zero-order valence-electron chi connectivity index (χ0n) is 12.2. The Morgan fingerprint density at radius 3 is 2.67 bits per heavy atom. The third-order valence-corrected chi connectivity index (χ3v) is 3.03. The van der Waals surface area contributed by atoms with E-state index in [2.05, 4.69) is 28.8 Å². The Bertz CT molecular complexity index is 636. The Morgan fingerprint density at radius 1 is 1.38 bits per heavy atom. The smallest absolute Gasteiger partial charge is 0.411 e. The number of rotatable bonds is 6. The molecule has 1 aromatic heterocycles. The van der Waals surface area contributed by atoms with Gasteiger partial charge in [0.2, 0.25) is 0 Å². The Kier molecular flexibility index (Phi) is 4.36. The van der Waals surface area contributed by atoms with Gasteiger partial charge in [0, 0.05) is 29.9 Å². The topological polar surface area (TPSA) is 86.3 Å². The highest BCUT2D eigenvalue weighted by Gasteiger charge is 2.21. The van der Waals surface area contributed by atoms with Crippen molar-refractivity contribution in [3.05, 3.63) is 34.4 Å². The van der Waals surface area contributed by atoms with E-state index in [1.54, 1.807) is 13.1 Å². The van der Waals surface area contributed by atoms with Gasteiger partial charge in [0.1, 0.15) is 5.75 Å². The van der Waals surface area contributed by atoms with Crippen LogP contribution in [-0.2, 0) is 7.05 Å². The summed E-state index contributed by atoms with van der Waals surface area (Å²) in [5.74, 6) is 0.0807. The first-order chi connectivity index (χ1) is 10.0. The van der Waals surface area contributed by atoms with E-state index in [9.17, 15) is 10.1 Å². The maximum Gasteiger partial charge on any atom is 0.494 e. The number of aromatic nitrogens is 3. The molecule has 0 radical (unpaired) electrons. The molecule has 8 nitrogen and oxygen atoms in total. The van der Waals surface area contributed by atoms with Gasteiger partial charge in [0.15, 0.2) is 0 Å². The predicted octanol–water partition coefficient (Wildman–Crippen LogP) is 2.36. The highest BCUT2D eigenvalue weighted by molar-refractivity contribution is 5.51. The zero-order chi connectivity index (χ0) is 15.4. The molecule has 2 rings (SSSR count). The molecule has 1 aromatic carbocycles. The van der Waals surface area contributed by atoms with Crippen LogP contribution in [0.25, 0.3) is 0 Å². The first kappa shape index (κ1) is 14.8. The van der Waals surface area contributed by atoms with E-state index in [4.69, 9.17) is 4.74 Å². The molecule has 0 N–H and O–H groups in total. The molecule has 21 heavy (non-hydrogen) atoms. The Labute approximate surface area is 122 Å². The van der Waals surface area contributed by atoms with Crippen LogP contribution in [0.5, 0.6) is 11.8 Å². The summed E-state index contributed by atoms with van der Waals surface area (Å²) in [6.45, 7) is 5.91. The van der Waals surface area contributed by atoms with Crippen molar-refractivity contribution in [2.45, 2.75) is 13.8 Å². The molecule has 0 saturated carbocycles. The van der Waals surface area contributed by atoms with Gasteiger partial charge in [0.05, 0.1) is 7.05 Å². The van der Waals surface area contributed by atoms with Crippen molar-refractivity contribution < 1.29 is 9.66 Å². The number of ether oxygens (including phenoxy) is 1. The van der Waals surface area contributed by atoms with Gasteiger partial charge in [-0.1, -0.05) is 6.07 Å². The number of benzene rings is 1. The van der Waals surface area contributed by atoms with Crippen LogP contribution in [0.15, 0.2) is 24.3 Å². The second kappa shape index (κ2) is 6.21. The minimum absolute atomic E-state index is 0.0818. The van der Waals surface area contributed by atoms with E-state index in [-0.39, 0.29) is 6.01 Å². The van der Waals surface area contributed by atoms with Crippen LogP contribution in [0.4, 0.5) is 11.6 Å². The molecule has 0 saturated heterocycles. The molecular formula is C13H17N5O3. The zero-order valence-corrected chi connectivity index (χ0v) is 12.2. The summed E-state index contributed by atoms with van der Waals surface area (Å²) in [5, 5.41) is 14.3. The molecule has 0 amide bonds. The summed E-state index contributed by atoms with van der Waals surface area (Å²) in [4.78, 5) is 15.9. The molecule has 0 aliphatic rings. The fourth-order valence-corrected chi connectivity index (χ4v) is 1.96. The van der Waals surface area contributed by atoms with E-state index in [1.807, 2.05) is 18.2 Å². The van der Waals surface area contributed by atoms with Crippen LogP contribution in [0.3, 0.4) is 0 Å². The molecule has 0 atom stereocenters. The third kappa shape index (κ3) is 3.28. The Balaban J connectivity index is 2.24. The summed E-state index contributed by atoms with van der Waals surface area (Å²) in [6, 6.07) is 7.58. The number of hydrogen-bond donors (Lipinski definition) is 0. The van der Waals surface area contributed by atoms with Crippen LogP contribution >= 0.6 is 0 Å². The molecule has 0 bridgehead atoms. The fourth-order valence-electron chi connectivity index (χ4n) is 1.96. The summed E-state index contributed by atoms with van der Waals surface area (Å²) >= 11 is 0. The molecular weight excluding hydrogens is 274 g/mol. The Hall–Kier alpha value is -2.64. The van der Waals surface area contributed by atoms with E-state index in [0.29, 0.717) is 5.75 Å². The van der Waals surface area contributed by atoms with Crippen LogP contribution in [0.2, 0.25) is 0 Å². The molecule has 8 heteroatoms. The normalized spacial score (nSPS) is 10.4. The van der Waals surface area contributed by atoms with Crippen LogP contribution in [0, 0.1) is 10.1 Å².